The quantitative estimate of drug-likeness (QED) is 0.550. The van der Waals surface area contributed by atoms with E-state index < -0.39 is 11.5 Å². The van der Waals surface area contributed by atoms with E-state index in [-0.39, 0.29) is 12.5 Å². The van der Waals surface area contributed by atoms with Gasteiger partial charge < -0.3 is 14.6 Å². The Balaban J connectivity index is 1.68. The number of phenolic OH excluding ortho intramolecular Hbond substituents is 1. The first-order chi connectivity index (χ1) is 12.6. The lowest BCUT2D eigenvalue weighted by Crippen LogP contribution is -2.26. The van der Waals surface area contributed by atoms with Crippen LogP contribution >= 0.6 is 0 Å². The Hall–Kier alpha value is -3.68. The molecule has 1 aromatic heterocycles. The second-order valence-corrected chi connectivity index (χ2v) is 5.27. The minimum Gasteiger partial charge on any atom is -0.504 e. The number of fused-ring (bicyclic) bond motifs is 1. The van der Waals surface area contributed by atoms with Gasteiger partial charge in [0.2, 0.25) is 0 Å². The van der Waals surface area contributed by atoms with Gasteiger partial charge in [-0.15, -0.1) is 5.10 Å². The predicted molar refractivity (Wildman–Crippen MR) is 93.6 cm³/mol. The molecular weight excluding hydrogens is 338 g/mol. The van der Waals surface area contributed by atoms with Crippen LogP contribution in [0.3, 0.4) is 0 Å². The summed E-state index contributed by atoms with van der Waals surface area (Å²) in [6, 6.07) is 11.4. The molecule has 8 nitrogen and oxygen atoms in total. The number of nitrogens with zero attached hydrogens (tertiary/aromatic N) is 3. The van der Waals surface area contributed by atoms with E-state index in [1.54, 1.807) is 36.4 Å². The summed E-state index contributed by atoms with van der Waals surface area (Å²) in [5.41, 5.74) is 0.719. The van der Waals surface area contributed by atoms with Crippen molar-refractivity contribution in [3.8, 4) is 11.5 Å². The van der Waals surface area contributed by atoms with E-state index in [4.69, 9.17) is 9.47 Å². The fourth-order valence-corrected chi connectivity index (χ4v) is 2.24. The third-order valence-electron chi connectivity index (χ3n) is 3.57. The first kappa shape index (κ1) is 17.2. The molecule has 2 aromatic carbocycles. The molecule has 1 N–H and O–H groups in total. The molecular formula is C18H15N3O5. The molecule has 0 aliphatic rings. The molecule has 1 heterocycles. The van der Waals surface area contributed by atoms with Crippen molar-refractivity contribution in [1.29, 1.82) is 0 Å². The zero-order valence-electron chi connectivity index (χ0n) is 13.8. The molecule has 0 saturated carbocycles. The monoisotopic (exact) mass is 353 g/mol. The summed E-state index contributed by atoms with van der Waals surface area (Å²) in [5.74, 6) is -0.362. The van der Waals surface area contributed by atoms with Gasteiger partial charge in [-0.2, -0.15) is 4.68 Å². The number of rotatable bonds is 5. The smallest absolute Gasteiger partial charge is 0.332 e. The molecule has 0 amide bonds. The second kappa shape index (κ2) is 7.47. The maximum absolute atomic E-state index is 12.2. The van der Waals surface area contributed by atoms with Crippen LogP contribution in [0.25, 0.3) is 17.0 Å². The molecule has 0 bridgehead atoms. The van der Waals surface area contributed by atoms with E-state index in [0.717, 1.165) is 4.68 Å². The molecule has 3 aromatic rings. The van der Waals surface area contributed by atoms with Crippen molar-refractivity contribution in [2.24, 2.45) is 0 Å². The van der Waals surface area contributed by atoms with Crippen LogP contribution in [0.15, 0.2) is 53.3 Å². The van der Waals surface area contributed by atoms with Crippen LogP contribution in [0.4, 0.5) is 0 Å². The van der Waals surface area contributed by atoms with Crippen LogP contribution in [0.2, 0.25) is 0 Å². The fourth-order valence-electron chi connectivity index (χ4n) is 2.24. The normalized spacial score (nSPS) is 11.0. The summed E-state index contributed by atoms with van der Waals surface area (Å²) >= 11 is 0. The third-order valence-corrected chi connectivity index (χ3v) is 3.57. The Bertz CT molecular complexity index is 1040. The minimum atomic E-state index is -0.654. The highest BCUT2D eigenvalue weighted by atomic mass is 16.5. The molecule has 0 unspecified atom stereocenters. The zero-order chi connectivity index (χ0) is 18.5. The van der Waals surface area contributed by atoms with Crippen LogP contribution in [-0.4, -0.2) is 33.2 Å². The van der Waals surface area contributed by atoms with Crippen molar-refractivity contribution < 1.29 is 19.4 Å². The summed E-state index contributed by atoms with van der Waals surface area (Å²) in [4.78, 5) is 24.1. The van der Waals surface area contributed by atoms with E-state index in [1.807, 2.05) is 0 Å². The van der Waals surface area contributed by atoms with Crippen molar-refractivity contribution in [2.75, 3.05) is 7.11 Å². The van der Waals surface area contributed by atoms with Crippen LogP contribution in [0, 0.1) is 0 Å². The maximum Gasteiger partial charge on any atom is 0.332 e. The van der Waals surface area contributed by atoms with Crippen LogP contribution in [0.5, 0.6) is 11.5 Å². The summed E-state index contributed by atoms with van der Waals surface area (Å²) in [6.07, 6.45) is 2.70. The summed E-state index contributed by atoms with van der Waals surface area (Å²) in [6.45, 7) is -0.348. The average molecular weight is 353 g/mol. The van der Waals surface area contributed by atoms with Crippen molar-refractivity contribution in [3.05, 3.63) is 64.5 Å². The van der Waals surface area contributed by atoms with Crippen molar-refractivity contribution >= 4 is 22.9 Å². The maximum atomic E-state index is 12.2. The van der Waals surface area contributed by atoms with Crippen molar-refractivity contribution in [2.45, 2.75) is 6.73 Å². The van der Waals surface area contributed by atoms with Gasteiger partial charge >= 0.3 is 5.97 Å². The Morgan fingerprint density at radius 1 is 1.27 bits per heavy atom. The van der Waals surface area contributed by atoms with Crippen LogP contribution in [-0.2, 0) is 16.3 Å². The van der Waals surface area contributed by atoms with E-state index in [9.17, 15) is 14.7 Å². The standard InChI is InChI=1S/C18H15N3O5/c1-25-16-10-12(6-8-15(16)22)7-9-17(23)26-11-21-18(24)13-4-2-3-5-14(13)19-20-21/h2-10,22H,11H2,1H3. The van der Waals surface area contributed by atoms with Crippen LogP contribution < -0.4 is 10.3 Å². The number of aromatic nitrogens is 3. The lowest BCUT2D eigenvalue weighted by molar-refractivity contribution is -0.141. The molecule has 0 saturated heterocycles. The van der Waals surface area contributed by atoms with Gasteiger partial charge in [0, 0.05) is 6.08 Å². The second-order valence-electron chi connectivity index (χ2n) is 5.27. The van der Waals surface area contributed by atoms with E-state index in [2.05, 4.69) is 10.3 Å². The molecule has 0 fully saturated rings. The number of benzene rings is 2. The van der Waals surface area contributed by atoms with E-state index in [1.165, 1.54) is 25.3 Å². The zero-order valence-corrected chi connectivity index (χ0v) is 13.8. The number of esters is 1. The Morgan fingerprint density at radius 2 is 2.08 bits per heavy atom. The van der Waals surface area contributed by atoms with Crippen molar-refractivity contribution in [1.82, 2.24) is 15.0 Å². The highest BCUT2D eigenvalue weighted by Gasteiger charge is 2.07. The first-order valence-corrected chi connectivity index (χ1v) is 7.63. The Morgan fingerprint density at radius 3 is 2.88 bits per heavy atom. The van der Waals surface area contributed by atoms with Gasteiger partial charge in [-0.25, -0.2) is 4.79 Å². The van der Waals surface area contributed by atoms with Crippen molar-refractivity contribution in [3.63, 3.8) is 0 Å². The fraction of sp³-hybridized carbons (Fsp3) is 0.111. The number of carbonyl (C=O) groups is 1. The van der Waals surface area contributed by atoms with Crippen LogP contribution in [0.1, 0.15) is 5.56 Å². The topological polar surface area (TPSA) is 104 Å². The third kappa shape index (κ3) is 3.69. The molecule has 0 aliphatic carbocycles. The van der Waals surface area contributed by atoms with E-state index >= 15 is 0 Å². The largest absolute Gasteiger partial charge is 0.504 e. The number of aromatic hydroxyl groups is 1. The SMILES string of the molecule is COc1cc(C=CC(=O)OCn2nnc3ccccc3c2=O)ccc1O. The molecule has 3 rings (SSSR count). The predicted octanol–water partition coefficient (Wildman–Crippen LogP) is 1.72. The first-order valence-electron chi connectivity index (χ1n) is 7.63. The lowest BCUT2D eigenvalue weighted by atomic mass is 10.2. The molecule has 8 heteroatoms. The Kier molecular flexibility index (Phi) is 4.93. The number of methoxy groups -OCH3 is 1. The van der Waals surface area contributed by atoms with Gasteiger partial charge in [0.25, 0.3) is 5.56 Å². The summed E-state index contributed by atoms with van der Waals surface area (Å²) in [7, 11) is 1.43. The van der Waals surface area contributed by atoms with Gasteiger partial charge in [-0.1, -0.05) is 23.4 Å². The number of carbonyl (C=O) groups excluding carboxylic acids is 1. The minimum absolute atomic E-state index is 0.00137. The van der Waals surface area contributed by atoms with Gasteiger partial charge in [0.1, 0.15) is 5.52 Å². The molecule has 26 heavy (non-hydrogen) atoms. The lowest BCUT2D eigenvalue weighted by Gasteiger charge is -2.05. The number of hydrogen-bond acceptors (Lipinski definition) is 7. The summed E-state index contributed by atoms with van der Waals surface area (Å²) in [5, 5.41) is 17.6. The average Bonchev–Trinajstić information content (AvgIpc) is 2.67. The van der Waals surface area contributed by atoms with Gasteiger partial charge in [-0.05, 0) is 35.9 Å². The molecule has 0 spiro atoms. The number of ether oxygens (including phenoxy) is 2. The highest BCUT2D eigenvalue weighted by molar-refractivity contribution is 5.87. The number of phenols is 1. The van der Waals surface area contributed by atoms with Gasteiger partial charge in [-0.3, -0.25) is 4.79 Å². The molecule has 0 radical (unpaired) electrons. The molecule has 0 atom stereocenters. The molecule has 0 aliphatic heterocycles. The Labute approximate surface area is 147 Å². The highest BCUT2D eigenvalue weighted by Crippen LogP contribution is 2.26. The molecule has 132 valence electrons. The van der Waals surface area contributed by atoms with E-state index in [0.29, 0.717) is 22.2 Å². The van der Waals surface area contributed by atoms with Gasteiger partial charge in [0.15, 0.2) is 18.2 Å². The van der Waals surface area contributed by atoms with Gasteiger partial charge in [0.05, 0.1) is 12.5 Å². The number of hydrogen-bond donors (Lipinski definition) is 1. The summed E-state index contributed by atoms with van der Waals surface area (Å²) < 4.78 is 11.0.